The Kier molecular flexibility index (Phi) is 7.37. The summed E-state index contributed by atoms with van der Waals surface area (Å²) in [5.74, 6) is -0.240. The summed E-state index contributed by atoms with van der Waals surface area (Å²) in [5, 5.41) is 10.2. The molecule has 0 radical (unpaired) electrons. The van der Waals surface area contributed by atoms with E-state index in [1.165, 1.54) is 12.1 Å². The zero-order valence-electron chi connectivity index (χ0n) is 14.4. The van der Waals surface area contributed by atoms with Crippen LogP contribution in [0.1, 0.15) is 25.0 Å². The summed E-state index contributed by atoms with van der Waals surface area (Å²) in [5.41, 5.74) is 2.05. The highest BCUT2D eigenvalue weighted by atomic mass is 19.1. The molecule has 2 aromatic carbocycles. The van der Waals surface area contributed by atoms with Gasteiger partial charge in [-0.05, 0) is 37.1 Å². The summed E-state index contributed by atoms with van der Waals surface area (Å²) >= 11 is 0. The van der Waals surface area contributed by atoms with E-state index < -0.39 is 6.10 Å². The van der Waals surface area contributed by atoms with E-state index >= 15 is 0 Å². The maximum atomic E-state index is 13.4. The molecule has 0 amide bonds. The number of benzene rings is 2. The molecule has 0 saturated heterocycles. The Morgan fingerprint density at radius 2 is 1.67 bits per heavy atom. The second kappa shape index (κ2) is 9.52. The molecule has 4 heteroatoms. The van der Waals surface area contributed by atoms with Gasteiger partial charge in [-0.2, -0.15) is 0 Å². The monoisotopic (exact) mass is 331 g/mol. The van der Waals surface area contributed by atoms with Crippen molar-refractivity contribution in [2.75, 3.05) is 13.2 Å². The quantitative estimate of drug-likeness (QED) is 0.762. The van der Waals surface area contributed by atoms with E-state index in [1.54, 1.807) is 6.07 Å². The highest BCUT2D eigenvalue weighted by molar-refractivity contribution is 5.18. The first-order valence-corrected chi connectivity index (χ1v) is 8.33. The van der Waals surface area contributed by atoms with Crippen LogP contribution in [0.5, 0.6) is 0 Å². The fourth-order valence-electron chi connectivity index (χ4n) is 2.57. The van der Waals surface area contributed by atoms with Crippen molar-refractivity contribution in [3.05, 3.63) is 71.5 Å². The number of hydrogen-bond acceptors (Lipinski definition) is 3. The molecule has 0 aromatic heterocycles. The predicted molar refractivity (Wildman–Crippen MR) is 94.1 cm³/mol. The molecule has 2 rings (SSSR count). The van der Waals surface area contributed by atoms with Crippen LogP contribution in [0.3, 0.4) is 0 Å². The highest BCUT2D eigenvalue weighted by Gasteiger charge is 2.14. The van der Waals surface area contributed by atoms with Gasteiger partial charge in [0.25, 0.3) is 0 Å². The van der Waals surface area contributed by atoms with Crippen molar-refractivity contribution < 1.29 is 14.2 Å². The van der Waals surface area contributed by atoms with E-state index in [9.17, 15) is 9.50 Å². The molecule has 0 aliphatic rings. The largest absolute Gasteiger partial charge is 0.389 e. The van der Waals surface area contributed by atoms with Crippen LogP contribution >= 0.6 is 0 Å². The molecule has 0 saturated carbocycles. The van der Waals surface area contributed by atoms with Crippen LogP contribution in [-0.2, 0) is 17.8 Å². The Bertz CT molecular complexity index is 604. The zero-order valence-corrected chi connectivity index (χ0v) is 14.4. The summed E-state index contributed by atoms with van der Waals surface area (Å²) in [4.78, 5) is 2.11. The number of aliphatic hydroxyl groups is 1. The standard InChI is InChI=1S/C20H26FNO2/c1-16(2)24-15-20(23)14-22(12-17-7-4-3-5-8-17)13-18-9-6-10-19(21)11-18/h3-11,16,20,23H,12-15H2,1-2H3. The molecule has 0 aliphatic heterocycles. The van der Waals surface area contributed by atoms with Gasteiger partial charge in [-0.25, -0.2) is 4.39 Å². The van der Waals surface area contributed by atoms with Crippen LogP contribution in [0.2, 0.25) is 0 Å². The molecule has 0 spiro atoms. The third kappa shape index (κ3) is 6.79. The lowest BCUT2D eigenvalue weighted by atomic mass is 10.1. The fourth-order valence-corrected chi connectivity index (χ4v) is 2.57. The molecular formula is C20H26FNO2. The molecule has 0 bridgehead atoms. The predicted octanol–water partition coefficient (Wildman–Crippen LogP) is 3.61. The van der Waals surface area contributed by atoms with Crippen molar-refractivity contribution in [2.45, 2.75) is 39.1 Å². The van der Waals surface area contributed by atoms with Crippen molar-refractivity contribution in [2.24, 2.45) is 0 Å². The van der Waals surface area contributed by atoms with Crippen LogP contribution in [0.25, 0.3) is 0 Å². The molecule has 24 heavy (non-hydrogen) atoms. The molecule has 1 N–H and O–H groups in total. The lowest BCUT2D eigenvalue weighted by Crippen LogP contribution is -2.34. The second-order valence-corrected chi connectivity index (χ2v) is 6.32. The van der Waals surface area contributed by atoms with Gasteiger partial charge in [0.1, 0.15) is 5.82 Å². The normalized spacial score (nSPS) is 12.8. The lowest BCUT2D eigenvalue weighted by molar-refractivity contribution is -0.0106. The first-order chi connectivity index (χ1) is 11.5. The van der Waals surface area contributed by atoms with E-state index in [2.05, 4.69) is 17.0 Å². The van der Waals surface area contributed by atoms with Crippen LogP contribution in [0.15, 0.2) is 54.6 Å². The second-order valence-electron chi connectivity index (χ2n) is 6.32. The minimum Gasteiger partial charge on any atom is -0.389 e. The Hall–Kier alpha value is -1.75. The van der Waals surface area contributed by atoms with Gasteiger partial charge in [-0.3, -0.25) is 4.90 Å². The molecule has 130 valence electrons. The van der Waals surface area contributed by atoms with Crippen molar-refractivity contribution in [3.8, 4) is 0 Å². The molecular weight excluding hydrogens is 305 g/mol. The number of ether oxygens (including phenoxy) is 1. The SMILES string of the molecule is CC(C)OCC(O)CN(Cc1ccccc1)Cc1cccc(F)c1. The Morgan fingerprint density at radius 1 is 1.00 bits per heavy atom. The molecule has 0 heterocycles. The van der Waals surface area contributed by atoms with Gasteiger partial charge >= 0.3 is 0 Å². The number of aliphatic hydroxyl groups excluding tert-OH is 1. The number of hydrogen-bond donors (Lipinski definition) is 1. The molecule has 1 unspecified atom stereocenters. The molecule has 2 aromatic rings. The zero-order chi connectivity index (χ0) is 17.4. The van der Waals surface area contributed by atoms with E-state index in [0.717, 1.165) is 11.1 Å². The molecule has 1 atom stereocenters. The van der Waals surface area contributed by atoms with Crippen molar-refractivity contribution >= 4 is 0 Å². The van der Waals surface area contributed by atoms with E-state index in [1.807, 2.05) is 38.1 Å². The Labute approximate surface area is 143 Å². The topological polar surface area (TPSA) is 32.7 Å². The van der Waals surface area contributed by atoms with Crippen molar-refractivity contribution in [3.63, 3.8) is 0 Å². The van der Waals surface area contributed by atoms with Crippen molar-refractivity contribution in [1.29, 1.82) is 0 Å². The lowest BCUT2D eigenvalue weighted by Gasteiger charge is -2.26. The minimum absolute atomic E-state index is 0.0884. The van der Waals surface area contributed by atoms with E-state index in [-0.39, 0.29) is 11.9 Å². The first-order valence-electron chi connectivity index (χ1n) is 8.33. The Morgan fingerprint density at radius 3 is 2.33 bits per heavy atom. The average molecular weight is 331 g/mol. The smallest absolute Gasteiger partial charge is 0.123 e. The van der Waals surface area contributed by atoms with Crippen LogP contribution in [-0.4, -0.2) is 35.4 Å². The van der Waals surface area contributed by atoms with Crippen LogP contribution in [0, 0.1) is 5.82 Å². The molecule has 0 fully saturated rings. The average Bonchev–Trinajstić information content (AvgIpc) is 2.54. The summed E-state index contributed by atoms with van der Waals surface area (Å²) < 4.78 is 18.9. The van der Waals surface area contributed by atoms with Crippen LogP contribution in [0.4, 0.5) is 4.39 Å². The summed E-state index contributed by atoms with van der Waals surface area (Å²) in [6.45, 7) is 5.92. The van der Waals surface area contributed by atoms with E-state index in [4.69, 9.17) is 4.74 Å². The number of nitrogens with zero attached hydrogens (tertiary/aromatic N) is 1. The first kappa shape index (κ1) is 18.6. The van der Waals surface area contributed by atoms with Gasteiger partial charge < -0.3 is 9.84 Å². The third-order valence-electron chi connectivity index (χ3n) is 3.64. The summed E-state index contributed by atoms with van der Waals surface area (Å²) in [6.07, 6.45) is -0.491. The highest BCUT2D eigenvalue weighted by Crippen LogP contribution is 2.12. The van der Waals surface area contributed by atoms with Gasteiger partial charge in [0.05, 0.1) is 18.8 Å². The van der Waals surface area contributed by atoms with Gasteiger partial charge in [0.2, 0.25) is 0 Å². The third-order valence-corrected chi connectivity index (χ3v) is 3.64. The number of halogens is 1. The minimum atomic E-state index is -0.579. The number of rotatable bonds is 9. The molecule has 0 aliphatic carbocycles. The van der Waals surface area contributed by atoms with Gasteiger partial charge in [0, 0.05) is 19.6 Å². The summed E-state index contributed by atoms with van der Waals surface area (Å²) in [6, 6.07) is 16.7. The van der Waals surface area contributed by atoms with Crippen molar-refractivity contribution in [1.82, 2.24) is 4.90 Å². The van der Waals surface area contributed by atoms with Gasteiger partial charge in [0.15, 0.2) is 0 Å². The fraction of sp³-hybridized carbons (Fsp3) is 0.400. The van der Waals surface area contributed by atoms with Gasteiger partial charge in [-0.15, -0.1) is 0 Å². The van der Waals surface area contributed by atoms with Crippen LogP contribution < -0.4 is 0 Å². The Balaban J connectivity index is 2.02. The molecule has 3 nitrogen and oxygen atoms in total. The maximum Gasteiger partial charge on any atom is 0.123 e. The maximum absolute atomic E-state index is 13.4. The summed E-state index contributed by atoms with van der Waals surface area (Å²) in [7, 11) is 0. The van der Waals surface area contributed by atoms with Gasteiger partial charge in [-0.1, -0.05) is 42.5 Å². The van der Waals surface area contributed by atoms with E-state index in [0.29, 0.717) is 26.2 Å².